The summed E-state index contributed by atoms with van der Waals surface area (Å²) in [4.78, 5) is 60.9. The number of carbonyl (C=O) groups excluding carboxylic acids is 3. The number of carboxylic acid groups (broad SMARTS) is 1. The molecule has 53 heavy (non-hydrogen) atoms. The first-order chi connectivity index (χ1) is 25.5. The highest BCUT2D eigenvalue weighted by Gasteiger charge is 2.47. The van der Waals surface area contributed by atoms with Crippen LogP contribution in [0.2, 0.25) is 0 Å². The summed E-state index contributed by atoms with van der Waals surface area (Å²) in [6.45, 7) is 4.62. The number of nitrogens with one attached hydrogen (secondary N) is 1. The molecule has 0 spiro atoms. The van der Waals surface area contributed by atoms with E-state index in [2.05, 4.69) is 5.32 Å². The normalized spacial score (nSPS) is 18.8. The molecule has 0 saturated carbocycles. The molecule has 14 heteroatoms. The van der Waals surface area contributed by atoms with Gasteiger partial charge in [-0.25, -0.2) is 9.18 Å². The van der Waals surface area contributed by atoms with E-state index in [-0.39, 0.29) is 49.1 Å². The molecule has 2 fully saturated rings. The van der Waals surface area contributed by atoms with Gasteiger partial charge in [-0.3, -0.25) is 14.4 Å². The highest BCUT2D eigenvalue weighted by molar-refractivity contribution is 6.11. The summed E-state index contributed by atoms with van der Waals surface area (Å²) in [6, 6.07) is 11.3. The third kappa shape index (κ3) is 9.13. The molecule has 3 aromatic carbocycles. The predicted octanol–water partition coefficient (Wildman–Crippen LogP) is 6.18. The maximum atomic E-state index is 16.0. The van der Waals surface area contributed by atoms with Gasteiger partial charge >= 0.3 is 12.1 Å². The van der Waals surface area contributed by atoms with Crippen LogP contribution in [-0.2, 0) is 14.3 Å². The van der Waals surface area contributed by atoms with E-state index in [0.29, 0.717) is 49.4 Å². The molecule has 0 bridgehead atoms. The highest BCUT2D eigenvalue weighted by atomic mass is 19.1. The Labute approximate surface area is 308 Å². The monoisotopic (exact) mass is 736 g/mol. The predicted molar refractivity (Wildman–Crippen MR) is 192 cm³/mol. The van der Waals surface area contributed by atoms with E-state index < -0.39 is 40.3 Å². The van der Waals surface area contributed by atoms with E-state index in [1.807, 2.05) is 18.7 Å². The van der Waals surface area contributed by atoms with Gasteiger partial charge in [0.1, 0.15) is 23.6 Å². The summed E-state index contributed by atoms with van der Waals surface area (Å²) in [5.74, 6) is -2.06. The quantitative estimate of drug-likeness (QED) is 0.125. The molecule has 284 valence electrons. The standard InChI is InChI=1S/C39H46FN3O10/c1-25-20-29(21-26(2)36(25)52-24-50-4)37(45)41-30-10-6-9-19-43(22-30,39(47)48)53-38(46)28-13-11-27(12-14-28)35(44)33-32(51-23-49-3)16-15-31(34(33)40)42-17-7-5-8-18-42/h11-16,20-21,30H,5-10,17-19,22-24H2,1-4H3,(H-,41,45,47,48)/p+1. The van der Waals surface area contributed by atoms with Gasteiger partial charge < -0.3 is 34.3 Å². The molecule has 2 aliphatic heterocycles. The molecular weight excluding hydrogens is 689 g/mol. The summed E-state index contributed by atoms with van der Waals surface area (Å²) in [7, 11) is 2.93. The van der Waals surface area contributed by atoms with Crippen molar-refractivity contribution in [1.82, 2.24) is 5.32 Å². The molecular formula is C39H47FN3O10+. The number of piperidine rings is 1. The Kier molecular flexibility index (Phi) is 13.0. The second-order valence-corrected chi connectivity index (χ2v) is 13.4. The van der Waals surface area contributed by atoms with Crippen LogP contribution in [0.3, 0.4) is 0 Å². The first-order valence-corrected chi connectivity index (χ1v) is 17.7. The van der Waals surface area contributed by atoms with Crippen LogP contribution in [0, 0.1) is 19.7 Å². The van der Waals surface area contributed by atoms with Crippen molar-refractivity contribution >= 4 is 29.4 Å². The third-order valence-electron chi connectivity index (χ3n) is 9.54. The molecule has 2 saturated heterocycles. The number of benzene rings is 3. The Balaban J connectivity index is 1.32. The van der Waals surface area contributed by atoms with Gasteiger partial charge in [-0.15, -0.1) is 0 Å². The fourth-order valence-corrected chi connectivity index (χ4v) is 6.90. The SMILES string of the molecule is COCOc1ccc(N2CCCCC2)c(F)c1C(=O)c1ccc(C(=O)O[N+]2(C(=O)O)CCCCC(NC(=O)c3cc(C)c(OCOC)c(C)c3)C2)cc1. The molecule has 2 atom stereocenters. The number of nitrogens with zero attached hydrogens (tertiary/aromatic N) is 2. The second kappa shape index (κ2) is 17.6. The molecule has 3 aromatic rings. The van der Waals surface area contributed by atoms with Crippen molar-refractivity contribution in [1.29, 1.82) is 0 Å². The molecule has 2 aliphatic rings. The Morgan fingerprint density at radius 1 is 0.849 bits per heavy atom. The van der Waals surface area contributed by atoms with Gasteiger partial charge in [0.25, 0.3) is 5.91 Å². The molecule has 2 N–H and O–H groups in total. The minimum Gasteiger partial charge on any atom is -0.467 e. The first kappa shape index (κ1) is 39.2. The number of methoxy groups -OCH3 is 2. The number of carbonyl (C=O) groups is 4. The summed E-state index contributed by atoms with van der Waals surface area (Å²) >= 11 is 0. The van der Waals surface area contributed by atoms with Crippen LogP contribution in [0.5, 0.6) is 11.5 Å². The van der Waals surface area contributed by atoms with Crippen LogP contribution >= 0.6 is 0 Å². The Hall–Kier alpha value is -5.05. The molecule has 2 unspecified atom stereocenters. The van der Waals surface area contributed by atoms with Gasteiger partial charge in [-0.05, 0) is 98.1 Å². The van der Waals surface area contributed by atoms with Crippen LogP contribution < -0.4 is 19.7 Å². The largest absolute Gasteiger partial charge is 0.556 e. The average molecular weight is 737 g/mol. The number of halogens is 1. The van der Waals surface area contributed by atoms with E-state index >= 15 is 4.39 Å². The van der Waals surface area contributed by atoms with Crippen molar-refractivity contribution in [2.45, 2.75) is 58.4 Å². The number of anilines is 1. The zero-order valence-corrected chi connectivity index (χ0v) is 30.6. The molecule has 2 amide bonds. The highest BCUT2D eigenvalue weighted by Crippen LogP contribution is 2.34. The average Bonchev–Trinajstić information content (AvgIpc) is 3.36. The Bertz CT molecular complexity index is 1790. The maximum Gasteiger partial charge on any atom is 0.556 e. The number of hydrogen-bond acceptors (Lipinski definition) is 10. The first-order valence-electron chi connectivity index (χ1n) is 17.7. The van der Waals surface area contributed by atoms with Crippen LogP contribution in [0.25, 0.3) is 0 Å². The van der Waals surface area contributed by atoms with Crippen LogP contribution in [0.4, 0.5) is 14.9 Å². The van der Waals surface area contributed by atoms with Crippen molar-refractivity contribution < 1.29 is 57.1 Å². The molecule has 5 rings (SSSR count). The number of rotatable bonds is 12. The van der Waals surface area contributed by atoms with Gasteiger partial charge in [-0.1, -0.05) is 12.1 Å². The zero-order chi connectivity index (χ0) is 38.1. The topological polar surface area (TPSA) is 150 Å². The lowest BCUT2D eigenvalue weighted by molar-refractivity contribution is -1.03. The molecule has 0 aromatic heterocycles. The molecule has 0 radical (unpaired) electrons. The fraction of sp³-hybridized carbons (Fsp3) is 0.436. The number of amides is 2. The number of hydrogen-bond donors (Lipinski definition) is 2. The van der Waals surface area contributed by atoms with E-state index in [1.165, 1.54) is 38.5 Å². The third-order valence-corrected chi connectivity index (χ3v) is 9.54. The number of likely N-dealkylation sites (tertiary alicyclic amines) is 1. The van der Waals surface area contributed by atoms with Crippen molar-refractivity contribution in [3.05, 3.63) is 87.7 Å². The van der Waals surface area contributed by atoms with Crippen molar-refractivity contribution in [2.24, 2.45) is 0 Å². The van der Waals surface area contributed by atoms with E-state index in [4.69, 9.17) is 23.8 Å². The number of quaternary nitrogens is 1. The van der Waals surface area contributed by atoms with E-state index in [9.17, 15) is 24.3 Å². The second-order valence-electron chi connectivity index (χ2n) is 13.4. The number of ether oxygens (including phenoxy) is 4. The molecule has 13 nitrogen and oxygen atoms in total. The van der Waals surface area contributed by atoms with Gasteiger partial charge in [0.15, 0.2) is 31.7 Å². The van der Waals surface area contributed by atoms with Crippen LogP contribution in [0.1, 0.15) is 86.3 Å². The summed E-state index contributed by atoms with van der Waals surface area (Å²) in [5, 5.41) is 13.3. The minimum atomic E-state index is -1.38. The molecule has 0 aliphatic carbocycles. The Morgan fingerprint density at radius 2 is 1.49 bits per heavy atom. The lowest BCUT2D eigenvalue weighted by atomic mass is 9.99. The maximum absolute atomic E-state index is 16.0. The van der Waals surface area contributed by atoms with Gasteiger partial charge in [-0.2, -0.15) is 4.79 Å². The van der Waals surface area contributed by atoms with Crippen molar-refractivity contribution in [2.75, 3.05) is 58.9 Å². The number of aryl methyl sites for hydroxylation is 2. The lowest BCUT2D eigenvalue weighted by Gasteiger charge is -2.30. The summed E-state index contributed by atoms with van der Waals surface area (Å²) in [5.41, 5.74) is 1.98. The fourth-order valence-electron chi connectivity index (χ4n) is 6.90. The van der Waals surface area contributed by atoms with Crippen LogP contribution in [-0.4, -0.2) is 93.5 Å². The van der Waals surface area contributed by atoms with E-state index in [0.717, 1.165) is 30.4 Å². The number of hydroxylamine groups is 3. The van der Waals surface area contributed by atoms with Gasteiger partial charge in [0.2, 0.25) is 0 Å². The van der Waals surface area contributed by atoms with E-state index in [1.54, 1.807) is 24.3 Å². The minimum absolute atomic E-state index is 0.00902. The van der Waals surface area contributed by atoms with Crippen LogP contribution in [0.15, 0.2) is 48.5 Å². The molecule has 2 heterocycles. The number of ketones is 1. The Morgan fingerprint density at radius 3 is 2.13 bits per heavy atom. The zero-order valence-electron chi connectivity index (χ0n) is 30.6. The van der Waals surface area contributed by atoms with Crippen molar-refractivity contribution in [3.63, 3.8) is 0 Å². The summed E-state index contributed by atoms with van der Waals surface area (Å²) in [6.07, 6.45) is 3.01. The van der Waals surface area contributed by atoms with Gasteiger partial charge in [0.05, 0.1) is 17.3 Å². The van der Waals surface area contributed by atoms with Gasteiger partial charge in [0, 0.05) is 44.9 Å². The van der Waals surface area contributed by atoms with Crippen molar-refractivity contribution in [3.8, 4) is 11.5 Å². The smallest absolute Gasteiger partial charge is 0.467 e. The lowest BCUT2D eigenvalue weighted by Crippen LogP contribution is -2.58. The summed E-state index contributed by atoms with van der Waals surface area (Å²) < 4.78 is 36.2.